The van der Waals surface area contributed by atoms with E-state index >= 15 is 0 Å². The van der Waals surface area contributed by atoms with Crippen molar-refractivity contribution in [2.45, 2.75) is 0 Å². The summed E-state index contributed by atoms with van der Waals surface area (Å²) in [6, 6.07) is 3.79. The highest BCUT2D eigenvalue weighted by molar-refractivity contribution is 7.25. The molecule has 0 aliphatic heterocycles. The van der Waals surface area contributed by atoms with Gasteiger partial charge in [-0.15, -0.1) is 11.3 Å². The minimum Gasteiger partial charge on any atom is -0.312 e. The molecule has 0 saturated heterocycles. The highest BCUT2D eigenvalue weighted by atomic mass is 32.1. The lowest BCUT2D eigenvalue weighted by atomic mass is 10.3. The van der Waals surface area contributed by atoms with Crippen molar-refractivity contribution in [3.05, 3.63) is 35.0 Å². The van der Waals surface area contributed by atoms with Crippen molar-refractivity contribution in [3.8, 4) is 0 Å². The summed E-state index contributed by atoms with van der Waals surface area (Å²) >= 11 is 1.42. The second kappa shape index (κ2) is 2.62. The molecule has 0 aliphatic carbocycles. The van der Waals surface area contributed by atoms with Gasteiger partial charge in [0.25, 0.3) is 5.56 Å². The average molecular weight is 203 g/mol. The summed E-state index contributed by atoms with van der Waals surface area (Å²) in [7, 11) is 0. The standard InChI is InChI=1S/C9H5N3OS/c13-9-8-7(11-4-12-9)6-5(14-8)2-1-3-10-6/h1-4H,(H,11,12,13). The Morgan fingerprint density at radius 1 is 1.29 bits per heavy atom. The molecular formula is C9H5N3OS. The van der Waals surface area contributed by atoms with Crippen LogP contribution in [-0.2, 0) is 0 Å². The Morgan fingerprint density at radius 3 is 3.14 bits per heavy atom. The molecule has 0 spiro atoms. The molecule has 0 radical (unpaired) electrons. The average Bonchev–Trinajstić information content (AvgIpc) is 2.59. The zero-order valence-corrected chi connectivity index (χ0v) is 7.84. The summed E-state index contributed by atoms with van der Waals surface area (Å²) in [6.45, 7) is 0. The van der Waals surface area contributed by atoms with Crippen molar-refractivity contribution in [2.75, 3.05) is 0 Å². The van der Waals surface area contributed by atoms with Gasteiger partial charge in [0.15, 0.2) is 0 Å². The zero-order chi connectivity index (χ0) is 9.54. The minimum atomic E-state index is -0.0991. The molecule has 0 aromatic carbocycles. The number of fused-ring (bicyclic) bond motifs is 3. The zero-order valence-electron chi connectivity index (χ0n) is 7.02. The number of rotatable bonds is 0. The van der Waals surface area contributed by atoms with Gasteiger partial charge in [-0.05, 0) is 12.1 Å². The monoisotopic (exact) mass is 203 g/mol. The maximum atomic E-state index is 11.4. The SMILES string of the molecule is O=c1[nH]cnc2c1sc1cccnc12. The van der Waals surface area contributed by atoms with E-state index in [-0.39, 0.29) is 5.56 Å². The van der Waals surface area contributed by atoms with Crippen LogP contribution in [0, 0.1) is 0 Å². The van der Waals surface area contributed by atoms with Crippen LogP contribution < -0.4 is 5.56 Å². The van der Waals surface area contributed by atoms with Gasteiger partial charge in [-0.1, -0.05) is 0 Å². The molecule has 0 unspecified atom stereocenters. The van der Waals surface area contributed by atoms with Crippen LogP contribution in [-0.4, -0.2) is 15.0 Å². The van der Waals surface area contributed by atoms with Crippen LogP contribution in [0.5, 0.6) is 0 Å². The van der Waals surface area contributed by atoms with Crippen LogP contribution in [0.2, 0.25) is 0 Å². The van der Waals surface area contributed by atoms with Crippen molar-refractivity contribution in [2.24, 2.45) is 0 Å². The number of H-pyrrole nitrogens is 1. The summed E-state index contributed by atoms with van der Waals surface area (Å²) in [4.78, 5) is 22.3. The molecule has 68 valence electrons. The van der Waals surface area contributed by atoms with E-state index in [0.29, 0.717) is 10.2 Å². The fourth-order valence-corrected chi connectivity index (χ4v) is 2.42. The number of nitrogens with zero attached hydrogens (tertiary/aromatic N) is 2. The Bertz CT molecular complexity index is 670. The van der Waals surface area contributed by atoms with Crippen molar-refractivity contribution >= 4 is 31.8 Å². The Balaban J connectivity index is 2.70. The molecule has 0 saturated carbocycles. The van der Waals surface area contributed by atoms with Gasteiger partial charge in [0.2, 0.25) is 0 Å². The van der Waals surface area contributed by atoms with Crippen molar-refractivity contribution in [1.82, 2.24) is 15.0 Å². The first-order chi connectivity index (χ1) is 6.86. The van der Waals surface area contributed by atoms with Gasteiger partial charge in [0.05, 0.1) is 11.0 Å². The Hall–Kier alpha value is -1.75. The van der Waals surface area contributed by atoms with E-state index in [1.807, 2.05) is 12.1 Å². The van der Waals surface area contributed by atoms with Gasteiger partial charge in [0.1, 0.15) is 15.7 Å². The van der Waals surface area contributed by atoms with Crippen molar-refractivity contribution in [3.63, 3.8) is 0 Å². The number of pyridine rings is 1. The summed E-state index contributed by atoms with van der Waals surface area (Å²) < 4.78 is 1.63. The lowest BCUT2D eigenvalue weighted by molar-refractivity contribution is 1.18. The molecule has 0 amide bonds. The molecule has 3 heterocycles. The molecule has 14 heavy (non-hydrogen) atoms. The van der Waals surface area contributed by atoms with E-state index in [2.05, 4.69) is 15.0 Å². The lowest BCUT2D eigenvalue weighted by Crippen LogP contribution is -2.03. The largest absolute Gasteiger partial charge is 0.312 e. The van der Waals surface area contributed by atoms with E-state index in [9.17, 15) is 4.79 Å². The number of thiophene rings is 1. The maximum absolute atomic E-state index is 11.4. The summed E-state index contributed by atoms with van der Waals surface area (Å²) in [5.41, 5.74) is 1.39. The third kappa shape index (κ3) is 0.898. The molecule has 0 atom stereocenters. The van der Waals surface area contributed by atoms with Gasteiger partial charge in [-0.2, -0.15) is 0 Å². The molecule has 0 aliphatic rings. The smallest absolute Gasteiger partial charge is 0.268 e. The maximum Gasteiger partial charge on any atom is 0.268 e. The predicted molar refractivity (Wildman–Crippen MR) is 55.5 cm³/mol. The Kier molecular flexibility index (Phi) is 1.43. The highest BCUT2D eigenvalue weighted by Gasteiger charge is 2.08. The summed E-state index contributed by atoms with van der Waals surface area (Å²) in [6.07, 6.45) is 3.11. The van der Waals surface area contributed by atoms with E-state index < -0.39 is 0 Å². The third-order valence-electron chi connectivity index (χ3n) is 2.02. The van der Waals surface area contributed by atoms with E-state index in [1.165, 1.54) is 17.7 Å². The highest BCUT2D eigenvalue weighted by Crippen LogP contribution is 2.27. The first kappa shape index (κ1) is 7.64. The van der Waals surface area contributed by atoms with Gasteiger partial charge in [0, 0.05) is 6.20 Å². The summed E-state index contributed by atoms with van der Waals surface area (Å²) in [5.74, 6) is 0. The van der Waals surface area contributed by atoms with E-state index in [4.69, 9.17) is 0 Å². The van der Waals surface area contributed by atoms with Gasteiger partial charge < -0.3 is 4.98 Å². The molecule has 5 heteroatoms. The van der Waals surface area contributed by atoms with Gasteiger partial charge in [-0.3, -0.25) is 9.78 Å². The first-order valence-corrected chi connectivity index (χ1v) is 4.89. The first-order valence-electron chi connectivity index (χ1n) is 4.07. The number of aromatic nitrogens is 3. The molecule has 3 rings (SSSR count). The number of hydrogen-bond donors (Lipinski definition) is 1. The van der Waals surface area contributed by atoms with E-state index in [1.54, 1.807) is 6.20 Å². The van der Waals surface area contributed by atoms with Crippen molar-refractivity contribution in [1.29, 1.82) is 0 Å². The number of aromatic amines is 1. The molecule has 0 bridgehead atoms. The third-order valence-corrected chi connectivity index (χ3v) is 3.15. The Morgan fingerprint density at radius 2 is 2.21 bits per heavy atom. The molecule has 3 aromatic rings. The molecule has 4 nitrogen and oxygen atoms in total. The minimum absolute atomic E-state index is 0.0991. The molecular weight excluding hydrogens is 198 g/mol. The molecule has 0 fully saturated rings. The number of hydrogen-bond acceptors (Lipinski definition) is 4. The van der Waals surface area contributed by atoms with Crippen molar-refractivity contribution < 1.29 is 0 Å². The fraction of sp³-hybridized carbons (Fsp3) is 0. The topological polar surface area (TPSA) is 58.6 Å². The van der Waals surface area contributed by atoms with Crippen LogP contribution in [0.1, 0.15) is 0 Å². The molecule has 1 N–H and O–H groups in total. The van der Waals surface area contributed by atoms with E-state index in [0.717, 1.165) is 10.2 Å². The Labute approximate surface area is 82.3 Å². The van der Waals surface area contributed by atoms with Crippen LogP contribution in [0.4, 0.5) is 0 Å². The van der Waals surface area contributed by atoms with Crippen LogP contribution in [0.25, 0.3) is 20.4 Å². The van der Waals surface area contributed by atoms with Crippen LogP contribution in [0.3, 0.4) is 0 Å². The fourth-order valence-electron chi connectivity index (χ4n) is 1.41. The van der Waals surface area contributed by atoms with Crippen LogP contribution in [0.15, 0.2) is 29.5 Å². The predicted octanol–water partition coefficient (Wildman–Crippen LogP) is 1.53. The number of nitrogens with one attached hydrogen (secondary N) is 1. The van der Waals surface area contributed by atoms with Gasteiger partial charge in [-0.25, -0.2) is 4.98 Å². The summed E-state index contributed by atoms with van der Waals surface area (Å²) in [5, 5.41) is 0. The van der Waals surface area contributed by atoms with Crippen LogP contribution >= 0.6 is 11.3 Å². The lowest BCUT2D eigenvalue weighted by Gasteiger charge is -1.86. The second-order valence-corrected chi connectivity index (χ2v) is 3.91. The van der Waals surface area contributed by atoms with Gasteiger partial charge >= 0.3 is 0 Å². The quantitative estimate of drug-likeness (QED) is 0.602. The normalized spacial score (nSPS) is 11.1. The molecule has 3 aromatic heterocycles. The second-order valence-electron chi connectivity index (χ2n) is 2.86.